The van der Waals surface area contributed by atoms with Gasteiger partial charge < -0.3 is 10.6 Å². The quantitative estimate of drug-likeness (QED) is 0.750. The number of sulfonamides is 1. The summed E-state index contributed by atoms with van der Waals surface area (Å²) >= 11 is 0. The number of amides is 2. The largest absolute Gasteiger partial charge is 0.337 e. The molecule has 0 aromatic heterocycles. The Morgan fingerprint density at radius 1 is 1.10 bits per heavy atom. The van der Waals surface area contributed by atoms with Crippen molar-refractivity contribution in [2.24, 2.45) is 17.8 Å². The molecule has 1 atom stereocenters. The number of benzene rings is 1. The van der Waals surface area contributed by atoms with Crippen molar-refractivity contribution < 1.29 is 13.2 Å². The summed E-state index contributed by atoms with van der Waals surface area (Å²) in [5.74, 6) is 2.34. The fourth-order valence-corrected chi connectivity index (χ4v) is 8.98. The zero-order valence-corrected chi connectivity index (χ0v) is 18.6. The van der Waals surface area contributed by atoms with Crippen molar-refractivity contribution in [1.29, 1.82) is 0 Å². The minimum Gasteiger partial charge on any atom is -0.337 e. The Bertz CT molecular complexity index is 894. The SMILES string of the molecule is Cc1ccccc1S(=O)(=O)N1CCCC1CNC(=O)NC12CC3CC(CC(C3)C1)C2. The summed E-state index contributed by atoms with van der Waals surface area (Å²) in [5.41, 5.74) is 0.734. The van der Waals surface area contributed by atoms with Gasteiger partial charge >= 0.3 is 6.03 Å². The lowest BCUT2D eigenvalue weighted by Gasteiger charge is -2.56. The Morgan fingerprint density at radius 2 is 1.73 bits per heavy atom. The predicted molar refractivity (Wildman–Crippen MR) is 116 cm³/mol. The zero-order valence-electron chi connectivity index (χ0n) is 17.8. The van der Waals surface area contributed by atoms with E-state index in [1.807, 2.05) is 19.1 Å². The van der Waals surface area contributed by atoms with E-state index in [0.717, 1.165) is 55.4 Å². The van der Waals surface area contributed by atoms with Crippen LogP contribution in [0.3, 0.4) is 0 Å². The fourth-order valence-electron chi connectivity index (χ4n) is 7.06. The molecule has 1 saturated heterocycles. The number of carbonyl (C=O) groups is 1. The van der Waals surface area contributed by atoms with Gasteiger partial charge in [-0.15, -0.1) is 0 Å². The molecular weight excluding hydrogens is 398 g/mol. The number of urea groups is 1. The van der Waals surface area contributed by atoms with Crippen LogP contribution in [0, 0.1) is 24.7 Å². The highest BCUT2D eigenvalue weighted by Crippen LogP contribution is 2.55. The van der Waals surface area contributed by atoms with E-state index in [1.165, 1.54) is 19.3 Å². The molecule has 6 nitrogen and oxygen atoms in total. The third kappa shape index (κ3) is 3.64. The summed E-state index contributed by atoms with van der Waals surface area (Å²) in [6.45, 7) is 2.71. The standard InChI is InChI=1S/C23H33N3O3S/c1-16-5-2-3-7-21(16)30(28,29)26-8-4-6-20(26)15-24-22(27)25-23-12-17-9-18(13-23)11-19(10-17)14-23/h2-3,5,7,17-20H,4,6,8-15H2,1H3,(H2,24,25,27). The van der Waals surface area contributed by atoms with Gasteiger partial charge in [0.05, 0.1) is 4.90 Å². The molecule has 0 radical (unpaired) electrons. The normalized spacial score (nSPS) is 35.5. The first-order valence-corrected chi connectivity index (χ1v) is 12.9. The van der Waals surface area contributed by atoms with Crippen LogP contribution in [0.2, 0.25) is 0 Å². The molecule has 4 saturated carbocycles. The first-order chi connectivity index (χ1) is 14.3. The molecule has 1 aromatic carbocycles. The summed E-state index contributed by atoms with van der Waals surface area (Å²) in [7, 11) is -3.55. The molecule has 1 aromatic rings. The Hall–Kier alpha value is -1.60. The van der Waals surface area contributed by atoms with E-state index >= 15 is 0 Å². The molecular formula is C23H33N3O3S. The minimum absolute atomic E-state index is 0.0264. The van der Waals surface area contributed by atoms with E-state index in [1.54, 1.807) is 16.4 Å². The van der Waals surface area contributed by atoms with Crippen molar-refractivity contribution in [1.82, 2.24) is 14.9 Å². The van der Waals surface area contributed by atoms with Gasteiger partial charge in [0.2, 0.25) is 10.0 Å². The van der Waals surface area contributed by atoms with Crippen LogP contribution in [0.25, 0.3) is 0 Å². The predicted octanol–water partition coefficient (Wildman–Crippen LogP) is 3.42. The lowest BCUT2D eigenvalue weighted by atomic mass is 9.53. The molecule has 30 heavy (non-hydrogen) atoms. The van der Waals surface area contributed by atoms with Crippen LogP contribution >= 0.6 is 0 Å². The molecule has 4 aliphatic carbocycles. The van der Waals surface area contributed by atoms with Crippen molar-refractivity contribution in [3.8, 4) is 0 Å². The minimum atomic E-state index is -3.55. The summed E-state index contributed by atoms with van der Waals surface area (Å²) in [6.07, 6.45) is 8.98. The first kappa shape index (κ1) is 20.3. The van der Waals surface area contributed by atoms with Gasteiger partial charge in [0.25, 0.3) is 0 Å². The van der Waals surface area contributed by atoms with Gasteiger partial charge in [-0.3, -0.25) is 0 Å². The lowest BCUT2D eigenvalue weighted by molar-refractivity contribution is -0.0135. The van der Waals surface area contributed by atoms with Gasteiger partial charge in [-0.05, 0) is 87.7 Å². The van der Waals surface area contributed by atoms with Crippen LogP contribution in [0.15, 0.2) is 29.2 Å². The van der Waals surface area contributed by atoms with Crippen LogP contribution in [0.1, 0.15) is 56.9 Å². The van der Waals surface area contributed by atoms with E-state index in [-0.39, 0.29) is 17.6 Å². The second-order valence-electron chi connectivity index (χ2n) is 10.2. The maximum Gasteiger partial charge on any atom is 0.315 e. The molecule has 7 heteroatoms. The van der Waals surface area contributed by atoms with E-state index in [4.69, 9.17) is 0 Å². The van der Waals surface area contributed by atoms with E-state index in [2.05, 4.69) is 10.6 Å². The molecule has 2 N–H and O–H groups in total. The highest BCUT2D eigenvalue weighted by atomic mass is 32.2. The average Bonchev–Trinajstić information content (AvgIpc) is 3.15. The van der Waals surface area contributed by atoms with Crippen molar-refractivity contribution in [2.75, 3.05) is 13.1 Å². The fraction of sp³-hybridized carbons (Fsp3) is 0.696. The number of aryl methyl sites for hydroxylation is 1. The summed E-state index contributed by atoms with van der Waals surface area (Å²) in [6, 6.07) is 6.81. The van der Waals surface area contributed by atoms with Crippen molar-refractivity contribution in [2.45, 2.75) is 74.8 Å². The lowest BCUT2D eigenvalue weighted by Crippen LogP contribution is -2.62. The van der Waals surface area contributed by atoms with Gasteiger partial charge in [0.15, 0.2) is 0 Å². The summed E-state index contributed by atoms with van der Waals surface area (Å²) in [5, 5.41) is 6.34. The van der Waals surface area contributed by atoms with Gasteiger partial charge in [-0.25, -0.2) is 13.2 Å². The maximum absolute atomic E-state index is 13.2. The highest BCUT2D eigenvalue weighted by molar-refractivity contribution is 7.89. The zero-order chi connectivity index (χ0) is 20.9. The smallest absolute Gasteiger partial charge is 0.315 e. The van der Waals surface area contributed by atoms with Crippen molar-refractivity contribution >= 4 is 16.1 Å². The van der Waals surface area contributed by atoms with Gasteiger partial charge in [-0.1, -0.05) is 18.2 Å². The van der Waals surface area contributed by atoms with E-state index < -0.39 is 10.0 Å². The Labute approximate surface area is 179 Å². The third-order valence-electron chi connectivity index (χ3n) is 7.92. The molecule has 0 spiro atoms. The number of hydrogen-bond donors (Lipinski definition) is 2. The number of carbonyl (C=O) groups excluding carboxylic acids is 1. The van der Waals surface area contributed by atoms with Crippen molar-refractivity contribution in [3.05, 3.63) is 29.8 Å². The number of hydrogen-bond acceptors (Lipinski definition) is 3. The van der Waals surface area contributed by atoms with Crippen molar-refractivity contribution in [3.63, 3.8) is 0 Å². The molecule has 2 amide bonds. The summed E-state index contributed by atoms with van der Waals surface area (Å²) in [4.78, 5) is 13.1. The Balaban J connectivity index is 1.22. The van der Waals surface area contributed by atoms with E-state index in [9.17, 15) is 13.2 Å². The van der Waals surface area contributed by atoms with Gasteiger partial charge in [0.1, 0.15) is 0 Å². The number of nitrogens with zero attached hydrogens (tertiary/aromatic N) is 1. The Kier molecular flexibility index (Phi) is 5.09. The monoisotopic (exact) mass is 431 g/mol. The second-order valence-corrected chi connectivity index (χ2v) is 12.1. The van der Waals surface area contributed by atoms with Crippen LogP contribution < -0.4 is 10.6 Å². The first-order valence-electron chi connectivity index (χ1n) is 11.5. The molecule has 1 heterocycles. The topological polar surface area (TPSA) is 78.5 Å². The average molecular weight is 432 g/mol. The Morgan fingerprint density at radius 3 is 2.37 bits per heavy atom. The molecule has 6 rings (SSSR count). The van der Waals surface area contributed by atoms with Crippen LogP contribution in [-0.2, 0) is 10.0 Å². The molecule has 164 valence electrons. The molecule has 4 bridgehead atoms. The number of nitrogens with one attached hydrogen (secondary N) is 2. The highest BCUT2D eigenvalue weighted by Gasteiger charge is 2.51. The van der Waals surface area contributed by atoms with Crippen LogP contribution in [0.5, 0.6) is 0 Å². The molecule has 5 aliphatic rings. The molecule has 1 unspecified atom stereocenters. The number of rotatable bonds is 5. The van der Waals surface area contributed by atoms with E-state index in [0.29, 0.717) is 18.0 Å². The van der Waals surface area contributed by atoms with Crippen LogP contribution in [-0.4, -0.2) is 43.4 Å². The van der Waals surface area contributed by atoms with Crippen LogP contribution in [0.4, 0.5) is 4.79 Å². The molecule has 5 fully saturated rings. The summed E-state index contributed by atoms with van der Waals surface area (Å²) < 4.78 is 28.0. The van der Waals surface area contributed by atoms with Gasteiger partial charge in [-0.2, -0.15) is 4.31 Å². The third-order valence-corrected chi connectivity index (χ3v) is 10.0. The maximum atomic E-state index is 13.2. The molecule has 1 aliphatic heterocycles. The second kappa shape index (κ2) is 7.52. The van der Waals surface area contributed by atoms with Gasteiger partial charge in [0, 0.05) is 24.7 Å².